The summed E-state index contributed by atoms with van der Waals surface area (Å²) >= 11 is 6.21. The molecule has 2 amide bonds. The molecule has 2 heterocycles. The molecule has 0 spiro atoms. The predicted molar refractivity (Wildman–Crippen MR) is 149 cm³/mol. The third-order valence-electron chi connectivity index (χ3n) is 7.14. The average Bonchev–Trinajstić information content (AvgIpc) is 2.93. The summed E-state index contributed by atoms with van der Waals surface area (Å²) in [7, 11) is 0. The number of nitrogens with zero attached hydrogens (tertiary/aromatic N) is 2. The van der Waals surface area contributed by atoms with Crippen molar-refractivity contribution in [3.05, 3.63) is 81.5 Å². The maximum Gasteiger partial charge on any atom is 0.336 e. The van der Waals surface area contributed by atoms with Gasteiger partial charge in [-0.05, 0) is 62.2 Å². The highest BCUT2D eigenvalue weighted by Gasteiger charge is 2.37. The zero-order chi connectivity index (χ0) is 27.8. The largest absolute Gasteiger partial charge is 0.463 e. The first-order chi connectivity index (χ1) is 18.9. The highest BCUT2D eigenvalue weighted by atomic mass is 35.5. The molecule has 0 aliphatic carbocycles. The molecule has 39 heavy (non-hydrogen) atoms. The number of amides is 2. The number of allylic oxidation sites excluding steroid dienone is 1. The van der Waals surface area contributed by atoms with Crippen molar-refractivity contribution in [2.24, 2.45) is 0 Å². The van der Waals surface area contributed by atoms with Crippen LogP contribution in [0.1, 0.15) is 54.1 Å². The second kappa shape index (κ2) is 13.7. The topological polar surface area (TPSA) is 88.2 Å². The monoisotopic (exact) mass is 553 g/mol. The SMILES string of the molecule is CCOC(=O)C1=C(C)N(Cc2cccc(C(=O)NCCCN3CCOCC3)c2)C(=O)CC1c1cccc(Cl)c1. The quantitative estimate of drug-likeness (QED) is 0.351. The molecule has 0 radical (unpaired) electrons. The Labute approximate surface area is 234 Å². The van der Waals surface area contributed by atoms with Crippen LogP contribution in [0, 0.1) is 0 Å². The van der Waals surface area contributed by atoms with Crippen molar-refractivity contribution in [2.45, 2.75) is 39.2 Å². The first-order valence-electron chi connectivity index (χ1n) is 13.5. The second-order valence-electron chi connectivity index (χ2n) is 9.77. The summed E-state index contributed by atoms with van der Waals surface area (Å²) < 4.78 is 10.7. The fraction of sp³-hybridized carbons (Fsp3) is 0.433. The zero-order valence-electron chi connectivity index (χ0n) is 22.6. The molecule has 2 aromatic rings. The van der Waals surface area contributed by atoms with E-state index in [-0.39, 0.29) is 31.4 Å². The lowest BCUT2D eigenvalue weighted by molar-refractivity contribution is -0.140. The standard InChI is InChI=1S/C30H36ClN3O5/c1-3-39-30(37)28-21(2)34(27(35)19-26(28)23-8-5-10-25(31)18-23)20-22-7-4-9-24(17-22)29(36)32-11-6-12-33-13-15-38-16-14-33/h4-5,7-10,17-18,26H,3,6,11-16,19-20H2,1-2H3,(H,32,36). The molecule has 4 rings (SSSR count). The number of carbonyl (C=O) groups is 3. The normalized spacial score (nSPS) is 18.3. The molecular weight excluding hydrogens is 518 g/mol. The zero-order valence-corrected chi connectivity index (χ0v) is 23.3. The molecule has 1 saturated heterocycles. The number of carbonyl (C=O) groups excluding carboxylic acids is 3. The summed E-state index contributed by atoms with van der Waals surface area (Å²) in [6.45, 7) is 8.88. The van der Waals surface area contributed by atoms with Crippen molar-refractivity contribution < 1.29 is 23.9 Å². The molecule has 0 aromatic heterocycles. The van der Waals surface area contributed by atoms with Crippen LogP contribution in [0.25, 0.3) is 0 Å². The van der Waals surface area contributed by atoms with E-state index >= 15 is 0 Å². The van der Waals surface area contributed by atoms with Gasteiger partial charge in [-0.1, -0.05) is 35.9 Å². The van der Waals surface area contributed by atoms with Gasteiger partial charge in [0.15, 0.2) is 0 Å². The van der Waals surface area contributed by atoms with E-state index in [2.05, 4.69) is 10.2 Å². The van der Waals surface area contributed by atoms with Gasteiger partial charge < -0.3 is 19.7 Å². The Hall–Kier alpha value is -3.20. The van der Waals surface area contributed by atoms with Crippen LogP contribution in [-0.2, 0) is 25.6 Å². The number of esters is 1. The number of nitrogens with one attached hydrogen (secondary N) is 1. The first kappa shape index (κ1) is 28.8. The van der Waals surface area contributed by atoms with Crippen LogP contribution < -0.4 is 5.32 Å². The van der Waals surface area contributed by atoms with E-state index in [9.17, 15) is 14.4 Å². The number of morpholine rings is 1. The van der Waals surface area contributed by atoms with Crippen molar-refractivity contribution in [3.8, 4) is 0 Å². The molecule has 2 aliphatic heterocycles. The van der Waals surface area contributed by atoms with Gasteiger partial charge in [-0.2, -0.15) is 0 Å². The highest BCUT2D eigenvalue weighted by molar-refractivity contribution is 6.30. The maximum absolute atomic E-state index is 13.3. The van der Waals surface area contributed by atoms with Gasteiger partial charge in [0.25, 0.3) is 5.91 Å². The Bertz CT molecular complexity index is 1220. The molecular formula is C30H36ClN3O5. The highest BCUT2D eigenvalue weighted by Crippen LogP contribution is 2.38. The number of hydrogen-bond donors (Lipinski definition) is 1. The summed E-state index contributed by atoms with van der Waals surface area (Å²) in [5.41, 5.74) is 3.13. The van der Waals surface area contributed by atoms with E-state index in [1.807, 2.05) is 24.3 Å². The lowest BCUT2D eigenvalue weighted by Crippen LogP contribution is -2.38. The minimum atomic E-state index is -0.443. The molecule has 208 valence electrons. The van der Waals surface area contributed by atoms with Gasteiger partial charge in [-0.15, -0.1) is 0 Å². The van der Waals surface area contributed by atoms with E-state index in [0.29, 0.717) is 28.4 Å². The molecule has 0 saturated carbocycles. The Morgan fingerprint density at radius 2 is 1.90 bits per heavy atom. The minimum Gasteiger partial charge on any atom is -0.463 e. The lowest BCUT2D eigenvalue weighted by Gasteiger charge is -2.34. The van der Waals surface area contributed by atoms with Gasteiger partial charge >= 0.3 is 5.97 Å². The van der Waals surface area contributed by atoms with Crippen molar-refractivity contribution in [3.63, 3.8) is 0 Å². The van der Waals surface area contributed by atoms with Crippen molar-refractivity contribution in [1.29, 1.82) is 0 Å². The van der Waals surface area contributed by atoms with Gasteiger partial charge in [0, 0.05) is 48.3 Å². The van der Waals surface area contributed by atoms with Gasteiger partial charge in [-0.25, -0.2) is 4.79 Å². The molecule has 1 fully saturated rings. The van der Waals surface area contributed by atoms with Crippen molar-refractivity contribution in [2.75, 3.05) is 46.0 Å². The lowest BCUT2D eigenvalue weighted by atomic mass is 9.83. The van der Waals surface area contributed by atoms with E-state index < -0.39 is 11.9 Å². The fourth-order valence-corrected chi connectivity index (χ4v) is 5.31. The molecule has 1 N–H and O–H groups in total. The van der Waals surface area contributed by atoms with Crippen LogP contribution in [0.4, 0.5) is 0 Å². The fourth-order valence-electron chi connectivity index (χ4n) is 5.11. The Kier molecular flexibility index (Phi) is 10.1. The minimum absolute atomic E-state index is 0.108. The van der Waals surface area contributed by atoms with Crippen LogP contribution in [0.5, 0.6) is 0 Å². The number of halogens is 1. The molecule has 0 bridgehead atoms. The third kappa shape index (κ3) is 7.47. The van der Waals surface area contributed by atoms with Crippen LogP contribution in [0.2, 0.25) is 5.02 Å². The Morgan fingerprint density at radius 1 is 1.13 bits per heavy atom. The molecule has 8 nitrogen and oxygen atoms in total. The molecule has 1 atom stereocenters. The predicted octanol–water partition coefficient (Wildman–Crippen LogP) is 4.15. The summed E-state index contributed by atoms with van der Waals surface area (Å²) in [6, 6.07) is 14.5. The van der Waals surface area contributed by atoms with Crippen molar-refractivity contribution >= 4 is 29.4 Å². The molecule has 2 aliphatic rings. The molecule has 2 aromatic carbocycles. The van der Waals surface area contributed by atoms with E-state index in [1.54, 1.807) is 43.0 Å². The van der Waals surface area contributed by atoms with E-state index in [1.165, 1.54) is 0 Å². The van der Waals surface area contributed by atoms with Gasteiger partial charge in [0.05, 0.1) is 31.9 Å². The first-order valence-corrected chi connectivity index (χ1v) is 13.9. The maximum atomic E-state index is 13.3. The van der Waals surface area contributed by atoms with Crippen molar-refractivity contribution in [1.82, 2.24) is 15.1 Å². The van der Waals surface area contributed by atoms with E-state index in [4.69, 9.17) is 21.1 Å². The van der Waals surface area contributed by atoms with Gasteiger partial charge in [0.2, 0.25) is 5.91 Å². The van der Waals surface area contributed by atoms with Crippen LogP contribution >= 0.6 is 11.6 Å². The van der Waals surface area contributed by atoms with Crippen LogP contribution in [0.15, 0.2) is 59.8 Å². The number of hydrogen-bond acceptors (Lipinski definition) is 6. The Morgan fingerprint density at radius 3 is 2.64 bits per heavy atom. The summed E-state index contributed by atoms with van der Waals surface area (Å²) in [4.78, 5) is 43.1. The van der Waals surface area contributed by atoms with E-state index in [0.717, 1.165) is 50.4 Å². The summed E-state index contributed by atoms with van der Waals surface area (Å²) in [6.07, 6.45) is 0.983. The molecule has 1 unspecified atom stereocenters. The van der Waals surface area contributed by atoms with Gasteiger partial charge in [0.1, 0.15) is 0 Å². The van der Waals surface area contributed by atoms with Crippen LogP contribution in [-0.4, -0.2) is 73.6 Å². The van der Waals surface area contributed by atoms with Gasteiger partial charge in [-0.3, -0.25) is 14.5 Å². The smallest absolute Gasteiger partial charge is 0.336 e. The average molecular weight is 554 g/mol. The third-order valence-corrected chi connectivity index (χ3v) is 7.37. The number of benzene rings is 2. The summed E-state index contributed by atoms with van der Waals surface area (Å²) in [5.74, 6) is -1.14. The van der Waals surface area contributed by atoms with Crippen LogP contribution in [0.3, 0.4) is 0 Å². The summed E-state index contributed by atoms with van der Waals surface area (Å²) in [5, 5.41) is 3.53. The Balaban J connectivity index is 1.46. The second-order valence-corrected chi connectivity index (χ2v) is 10.2. The molecule has 9 heteroatoms. The number of rotatable bonds is 10. The number of ether oxygens (including phenoxy) is 2.